The lowest BCUT2D eigenvalue weighted by molar-refractivity contribution is -0.136. The number of hydrogen-bond donors (Lipinski definition) is 1. The quantitative estimate of drug-likeness (QED) is 0.893. The van der Waals surface area contributed by atoms with Gasteiger partial charge in [-0.1, -0.05) is 22.9 Å². The molecule has 1 amide bonds. The van der Waals surface area contributed by atoms with E-state index >= 15 is 0 Å². The van der Waals surface area contributed by atoms with Crippen LogP contribution in [0.4, 0.5) is 0 Å². The third-order valence-corrected chi connectivity index (χ3v) is 4.43. The van der Waals surface area contributed by atoms with Gasteiger partial charge in [-0.3, -0.25) is 4.79 Å². The Morgan fingerprint density at radius 2 is 2.25 bits per heavy atom. The summed E-state index contributed by atoms with van der Waals surface area (Å²) in [6, 6.07) is 5.85. The molecule has 0 radical (unpaired) electrons. The molecule has 0 aliphatic carbocycles. The first kappa shape index (κ1) is 15.3. The van der Waals surface area contributed by atoms with E-state index in [0.29, 0.717) is 12.5 Å². The number of carbonyl (C=O) groups excluding carboxylic acids is 1. The molecule has 1 heterocycles. The largest absolute Gasteiger partial charge is 0.496 e. The van der Waals surface area contributed by atoms with Crippen LogP contribution in [-0.2, 0) is 11.3 Å². The maximum atomic E-state index is 12.4. The number of methoxy groups -OCH3 is 1. The summed E-state index contributed by atoms with van der Waals surface area (Å²) in [5.74, 6) is 1.54. The van der Waals surface area contributed by atoms with Gasteiger partial charge >= 0.3 is 0 Å². The molecule has 0 aromatic heterocycles. The molecule has 1 aromatic carbocycles. The van der Waals surface area contributed by atoms with E-state index in [1.54, 1.807) is 12.0 Å². The van der Waals surface area contributed by atoms with Crippen LogP contribution in [0.5, 0.6) is 5.75 Å². The van der Waals surface area contributed by atoms with Gasteiger partial charge < -0.3 is 15.0 Å². The van der Waals surface area contributed by atoms with Crippen LogP contribution < -0.4 is 10.1 Å². The van der Waals surface area contributed by atoms with Crippen molar-refractivity contribution in [3.8, 4) is 5.75 Å². The van der Waals surface area contributed by atoms with Crippen molar-refractivity contribution in [3.05, 3.63) is 28.2 Å². The number of carbonyl (C=O) groups is 1. The minimum atomic E-state index is 0.0689. The van der Waals surface area contributed by atoms with Crippen LogP contribution in [0.2, 0.25) is 0 Å². The number of hydrogen-bond acceptors (Lipinski definition) is 3. The minimum absolute atomic E-state index is 0.0689. The maximum absolute atomic E-state index is 12.4. The number of benzene rings is 1. The molecule has 0 spiro atoms. The molecule has 1 unspecified atom stereocenters. The van der Waals surface area contributed by atoms with Crippen LogP contribution in [0.3, 0.4) is 0 Å². The van der Waals surface area contributed by atoms with E-state index in [2.05, 4.69) is 21.2 Å². The maximum Gasteiger partial charge on any atom is 0.225 e. The van der Waals surface area contributed by atoms with Crippen LogP contribution in [0, 0.1) is 11.8 Å². The van der Waals surface area contributed by atoms with E-state index in [1.807, 2.05) is 32.2 Å². The molecule has 1 N–H and O–H groups in total. The average Bonchev–Trinajstić information content (AvgIpc) is 2.36. The van der Waals surface area contributed by atoms with Crippen LogP contribution >= 0.6 is 15.9 Å². The van der Waals surface area contributed by atoms with Gasteiger partial charge in [0.05, 0.1) is 7.11 Å². The topological polar surface area (TPSA) is 41.6 Å². The van der Waals surface area contributed by atoms with Gasteiger partial charge in [0.25, 0.3) is 0 Å². The molecule has 1 aromatic rings. The van der Waals surface area contributed by atoms with Crippen LogP contribution in [0.15, 0.2) is 22.7 Å². The van der Waals surface area contributed by atoms with E-state index in [1.165, 1.54) is 0 Å². The van der Waals surface area contributed by atoms with Crippen LogP contribution in [0.1, 0.15) is 12.5 Å². The highest BCUT2D eigenvalue weighted by molar-refractivity contribution is 9.10. The Hall–Kier alpha value is -1.07. The van der Waals surface area contributed by atoms with Crippen molar-refractivity contribution in [1.29, 1.82) is 0 Å². The molecule has 5 heteroatoms. The van der Waals surface area contributed by atoms with E-state index in [-0.39, 0.29) is 11.8 Å². The highest BCUT2D eigenvalue weighted by Crippen LogP contribution is 2.25. The van der Waals surface area contributed by atoms with Crippen molar-refractivity contribution in [2.24, 2.45) is 11.8 Å². The van der Waals surface area contributed by atoms with Crippen molar-refractivity contribution in [2.75, 3.05) is 27.2 Å². The Morgan fingerprint density at radius 1 is 1.55 bits per heavy atom. The third kappa shape index (κ3) is 3.33. The smallest absolute Gasteiger partial charge is 0.225 e. The summed E-state index contributed by atoms with van der Waals surface area (Å²) >= 11 is 3.46. The van der Waals surface area contributed by atoms with Gasteiger partial charge in [0.15, 0.2) is 0 Å². The van der Waals surface area contributed by atoms with Gasteiger partial charge in [-0.05, 0) is 37.2 Å². The minimum Gasteiger partial charge on any atom is -0.496 e. The molecule has 4 nitrogen and oxygen atoms in total. The molecule has 20 heavy (non-hydrogen) atoms. The van der Waals surface area contributed by atoms with Crippen molar-refractivity contribution >= 4 is 21.8 Å². The summed E-state index contributed by atoms with van der Waals surface area (Å²) < 4.78 is 6.34. The first-order chi connectivity index (χ1) is 9.52. The van der Waals surface area contributed by atoms with Gasteiger partial charge in [-0.15, -0.1) is 0 Å². The summed E-state index contributed by atoms with van der Waals surface area (Å²) in [7, 11) is 3.50. The zero-order valence-corrected chi connectivity index (χ0v) is 13.7. The van der Waals surface area contributed by atoms with E-state index in [4.69, 9.17) is 4.74 Å². The SMILES string of the molecule is COc1ccc(Br)cc1CN(C)C(=O)C(C)C1CNC1. The van der Waals surface area contributed by atoms with Gasteiger partial charge in [0.1, 0.15) is 5.75 Å². The number of nitrogens with zero attached hydrogens (tertiary/aromatic N) is 1. The zero-order valence-electron chi connectivity index (χ0n) is 12.1. The monoisotopic (exact) mass is 340 g/mol. The van der Waals surface area contributed by atoms with Crippen molar-refractivity contribution in [1.82, 2.24) is 10.2 Å². The van der Waals surface area contributed by atoms with E-state index in [0.717, 1.165) is 28.9 Å². The first-order valence-corrected chi connectivity index (χ1v) is 7.60. The molecule has 2 rings (SSSR count). The molecule has 1 fully saturated rings. The Balaban J connectivity index is 2.04. The number of amides is 1. The lowest BCUT2D eigenvalue weighted by atomic mass is 9.88. The van der Waals surface area contributed by atoms with E-state index < -0.39 is 0 Å². The summed E-state index contributed by atoms with van der Waals surface area (Å²) in [5, 5.41) is 3.21. The fraction of sp³-hybridized carbons (Fsp3) is 0.533. The summed E-state index contributed by atoms with van der Waals surface area (Å²) in [4.78, 5) is 14.2. The third-order valence-electron chi connectivity index (χ3n) is 3.94. The molecule has 110 valence electrons. The van der Waals surface area contributed by atoms with Crippen molar-refractivity contribution in [3.63, 3.8) is 0 Å². The molecule has 0 bridgehead atoms. The highest BCUT2D eigenvalue weighted by atomic mass is 79.9. The van der Waals surface area contributed by atoms with Crippen LogP contribution in [0.25, 0.3) is 0 Å². The predicted octanol–water partition coefficient (Wildman–Crippen LogP) is 2.27. The first-order valence-electron chi connectivity index (χ1n) is 6.81. The van der Waals surface area contributed by atoms with Gasteiger partial charge in [-0.2, -0.15) is 0 Å². The second kappa shape index (κ2) is 6.59. The summed E-state index contributed by atoms with van der Waals surface area (Å²) in [6.07, 6.45) is 0. The highest BCUT2D eigenvalue weighted by Gasteiger charge is 2.30. The lowest BCUT2D eigenvalue weighted by Gasteiger charge is -2.34. The Kier molecular flexibility index (Phi) is 5.05. The second-order valence-electron chi connectivity index (χ2n) is 5.36. The molecule has 1 aliphatic heterocycles. The standard InChI is InChI=1S/C15H21BrN2O2/c1-10(12-7-17-8-12)15(19)18(2)9-11-6-13(16)4-5-14(11)20-3/h4-6,10,12,17H,7-9H2,1-3H3. The lowest BCUT2D eigenvalue weighted by Crippen LogP contribution is -2.49. The molecular weight excluding hydrogens is 320 g/mol. The fourth-order valence-electron chi connectivity index (χ4n) is 2.42. The van der Waals surface area contributed by atoms with Gasteiger partial charge in [0, 0.05) is 29.5 Å². The molecule has 0 saturated carbocycles. The number of rotatable bonds is 5. The summed E-state index contributed by atoms with van der Waals surface area (Å²) in [6.45, 7) is 4.47. The normalized spacial score (nSPS) is 16.4. The fourth-order valence-corrected chi connectivity index (χ4v) is 2.83. The number of nitrogens with one attached hydrogen (secondary N) is 1. The molecule has 1 atom stereocenters. The van der Waals surface area contributed by atoms with Crippen molar-refractivity contribution in [2.45, 2.75) is 13.5 Å². The van der Waals surface area contributed by atoms with Crippen LogP contribution in [-0.4, -0.2) is 38.1 Å². The molecular formula is C15H21BrN2O2. The number of halogens is 1. The van der Waals surface area contributed by atoms with Gasteiger partial charge in [-0.25, -0.2) is 0 Å². The molecule has 1 aliphatic rings. The van der Waals surface area contributed by atoms with Crippen molar-refractivity contribution < 1.29 is 9.53 Å². The average molecular weight is 341 g/mol. The number of ether oxygens (including phenoxy) is 1. The predicted molar refractivity (Wildman–Crippen MR) is 82.7 cm³/mol. The molecule has 1 saturated heterocycles. The van der Waals surface area contributed by atoms with E-state index in [9.17, 15) is 4.79 Å². The summed E-state index contributed by atoms with van der Waals surface area (Å²) in [5.41, 5.74) is 1.01. The Bertz CT molecular complexity index is 489. The Labute approximate surface area is 128 Å². The zero-order chi connectivity index (χ0) is 14.7. The van der Waals surface area contributed by atoms with Gasteiger partial charge in [0.2, 0.25) is 5.91 Å². The second-order valence-corrected chi connectivity index (χ2v) is 6.27. The Morgan fingerprint density at radius 3 is 2.80 bits per heavy atom.